The van der Waals surface area contributed by atoms with Gasteiger partial charge in [0.15, 0.2) is 0 Å². The maximum Gasteiger partial charge on any atom is 0.433 e. The maximum absolute atomic E-state index is 13.8. The SMILES string of the molecule is COc1ccc(C(=O)N[C@@H]2COC[C@H](Nc3cc(C(F)(F)F)nc4ccc(F)cc34)C2)cc1. The van der Waals surface area contributed by atoms with Gasteiger partial charge in [-0.25, -0.2) is 9.37 Å². The van der Waals surface area contributed by atoms with E-state index < -0.39 is 23.7 Å². The molecule has 1 saturated heterocycles. The van der Waals surface area contributed by atoms with Crippen molar-refractivity contribution in [2.24, 2.45) is 0 Å². The van der Waals surface area contributed by atoms with Crippen molar-refractivity contribution in [2.45, 2.75) is 24.7 Å². The van der Waals surface area contributed by atoms with E-state index in [9.17, 15) is 22.4 Å². The fourth-order valence-electron chi connectivity index (χ4n) is 3.73. The fraction of sp³-hybridized carbons (Fsp3) is 0.304. The van der Waals surface area contributed by atoms with E-state index in [1.807, 2.05) is 0 Å². The molecule has 1 aliphatic heterocycles. The van der Waals surface area contributed by atoms with Crippen molar-refractivity contribution in [1.29, 1.82) is 0 Å². The summed E-state index contributed by atoms with van der Waals surface area (Å²) in [5, 5.41) is 6.12. The first-order valence-electron chi connectivity index (χ1n) is 10.2. The van der Waals surface area contributed by atoms with Crippen LogP contribution < -0.4 is 15.4 Å². The van der Waals surface area contributed by atoms with Gasteiger partial charge in [-0.15, -0.1) is 0 Å². The van der Waals surface area contributed by atoms with Gasteiger partial charge in [-0.3, -0.25) is 4.79 Å². The lowest BCUT2D eigenvalue weighted by Gasteiger charge is -2.31. The predicted molar refractivity (Wildman–Crippen MR) is 114 cm³/mol. The highest BCUT2D eigenvalue weighted by Gasteiger charge is 2.34. The lowest BCUT2D eigenvalue weighted by atomic mass is 10.0. The van der Waals surface area contributed by atoms with Gasteiger partial charge in [-0.2, -0.15) is 13.2 Å². The zero-order valence-corrected chi connectivity index (χ0v) is 17.6. The average Bonchev–Trinajstić information content (AvgIpc) is 2.79. The van der Waals surface area contributed by atoms with Crippen LogP contribution in [-0.4, -0.2) is 43.3 Å². The largest absolute Gasteiger partial charge is 0.497 e. The first kappa shape index (κ1) is 22.8. The average molecular weight is 463 g/mol. The van der Waals surface area contributed by atoms with Crippen molar-refractivity contribution >= 4 is 22.5 Å². The molecule has 1 amide bonds. The summed E-state index contributed by atoms with van der Waals surface area (Å²) in [6.45, 7) is 0.481. The van der Waals surface area contributed by atoms with Gasteiger partial charge >= 0.3 is 6.18 Å². The second-order valence-electron chi connectivity index (χ2n) is 7.73. The summed E-state index contributed by atoms with van der Waals surface area (Å²) in [5.74, 6) is -0.268. The molecule has 0 radical (unpaired) electrons. The van der Waals surface area contributed by atoms with E-state index >= 15 is 0 Å². The summed E-state index contributed by atoms with van der Waals surface area (Å²) >= 11 is 0. The van der Waals surface area contributed by atoms with Gasteiger partial charge in [0.05, 0.1) is 37.9 Å². The molecule has 33 heavy (non-hydrogen) atoms. The zero-order valence-electron chi connectivity index (χ0n) is 17.6. The highest BCUT2D eigenvalue weighted by molar-refractivity contribution is 5.94. The number of ether oxygens (including phenoxy) is 2. The van der Waals surface area contributed by atoms with Crippen LogP contribution in [0.4, 0.5) is 23.2 Å². The summed E-state index contributed by atoms with van der Waals surface area (Å²) in [6, 6.07) is 10.1. The van der Waals surface area contributed by atoms with E-state index in [2.05, 4.69) is 15.6 Å². The van der Waals surface area contributed by atoms with Crippen molar-refractivity contribution in [2.75, 3.05) is 25.6 Å². The molecule has 0 spiro atoms. The molecule has 0 bridgehead atoms. The molecule has 0 unspecified atom stereocenters. The number of fused-ring (bicyclic) bond motifs is 1. The van der Waals surface area contributed by atoms with Crippen molar-refractivity contribution in [3.8, 4) is 5.75 Å². The highest BCUT2D eigenvalue weighted by Crippen LogP contribution is 2.34. The summed E-state index contributed by atoms with van der Waals surface area (Å²) in [6.07, 6.45) is -4.25. The van der Waals surface area contributed by atoms with Gasteiger partial charge in [-0.05, 0) is 55.0 Å². The number of halogens is 4. The van der Waals surface area contributed by atoms with Gasteiger partial charge in [0.25, 0.3) is 5.91 Å². The summed E-state index contributed by atoms with van der Waals surface area (Å²) in [7, 11) is 1.53. The molecule has 1 aliphatic rings. The quantitative estimate of drug-likeness (QED) is 0.549. The van der Waals surface area contributed by atoms with Crippen LogP contribution in [0.1, 0.15) is 22.5 Å². The van der Waals surface area contributed by atoms with Crippen LogP contribution in [0.25, 0.3) is 10.9 Å². The minimum absolute atomic E-state index is 0.0230. The number of nitrogens with zero attached hydrogens (tertiary/aromatic N) is 1. The van der Waals surface area contributed by atoms with Crippen LogP contribution in [0.2, 0.25) is 0 Å². The minimum Gasteiger partial charge on any atom is -0.497 e. The van der Waals surface area contributed by atoms with Crippen LogP contribution in [-0.2, 0) is 10.9 Å². The molecule has 174 valence electrons. The lowest BCUT2D eigenvalue weighted by Crippen LogP contribution is -2.47. The number of rotatable bonds is 5. The first-order valence-corrected chi connectivity index (χ1v) is 10.2. The third kappa shape index (κ3) is 5.33. The lowest BCUT2D eigenvalue weighted by molar-refractivity contribution is -0.140. The van der Waals surface area contributed by atoms with Gasteiger partial charge in [0.2, 0.25) is 0 Å². The Hall–Kier alpha value is -3.40. The Morgan fingerprint density at radius 3 is 2.52 bits per heavy atom. The molecule has 2 N–H and O–H groups in total. The van der Waals surface area contributed by atoms with Crippen LogP contribution in [0.3, 0.4) is 0 Å². The number of methoxy groups -OCH3 is 1. The van der Waals surface area contributed by atoms with Crippen LogP contribution in [0.5, 0.6) is 5.75 Å². The smallest absolute Gasteiger partial charge is 0.433 e. The molecule has 0 aliphatic carbocycles. The first-order chi connectivity index (χ1) is 15.7. The zero-order chi connectivity index (χ0) is 23.6. The molecule has 2 atom stereocenters. The molecule has 10 heteroatoms. The Labute approximate surface area is 186 Å². The number of nitrogens with one attached hydrogen (secondary N) is 2. The van der Waals surface area contributed by atoms with Gasteiger partial charge in [-0.1, -0.05) is 0 Å². The van der Waals surface area contributed by atoms with Crippen molar-refractivity contribution < 1.29 is 31.8 Å². The third-order valence-corrected chi connectivity index (χ3v) is 5.32. The third-order valence-electron chi connectivity index (χ3n) is 5.32. The number of hydrogen-bond donors (Lipinski definition) is 2. The Balaban J connectivity index is 1.51. The number of hydrogen-bond acceptors (Lipinski definition) is 5. The number of amides is 1. The molecule has 0 saturated carbocycles. The highest BCUT2D eigenvalue weighted by atomic mass is 19.4. The second kappa shape index (κ2) is 9.22. The minimum atomic E-state index is -4.66. The Morgan fingerprint density at radius 1 is 1.09 bits per heavy atom. The van der Waals surface area contributed by atoms with E-state index in [4.69, 9.17) is 9.47 Å². The number of benzene rings is 2. The maximum atomic E-state index is 13.8. The van der Waals surface area contributed by atoms with E-state index in [1.54, 1.807) is 24.3 Å². The van der Waals surface area contributed by atoms with Crippen LogP contribution in [0.15, 0.2) is 48.5 Å². The van der Waals surface area contributed by atoms with E-state index in [1.165, 1.54) is 13.2 Å². The van der Waals surface area contributed by atoms with Gasteiger partial charge in [0.1, 0.15) is 17.3 Å². The normalized spacial score (nSPS) is 18.7. The number of carbonyl (C=O) groups is 1. The van der Waals surface area contributed by atoms with E-state index in [0.29, 0.717) is 17.7 Å². The molecular weight excluding hydrogens is 442 g/mol. The monoisotopic (exact) mass is 463 g/mol. The van der Waals surface area contributed by atoms with Crippen molar-refractivity contribution in [3.63, 3.8) is 0 Å². The van der Waals surface area contributed by atoms with Crippen molar-refractivity contribution in [1.82, 2.24) is 10.3 Å². The fourth-order valence-corrected chi connectivity index (χ4v) is 3.73. The molecule has 2 aromatic carbocycles. The van der Waals surface area contributed by atoms with E-state index in [0.717, 1.165) is 18.2 Å². The summed E-state index contributed by atoms with van der Waals surface area (Å²) in [4.78, 5) is 16.2. The predicted octanol–water partition coefficient (Wildman–Crippen LogP) is 4.40. The number of alkyl halides is 3. The van der Waals surface area contributed by atoms with Crippen LogP contribution >= 0.6 is 0 Å². The number of carbonyl (C=O) groups excluding carboxylic acids is 1. The second-order valence-corrected chi connectivity index (χ2v) is 7.73. The van der Waals surface area contributed by atoms with Crippen LogP contribution in [0, 0.1) is 5.82 Å². The Kier molecular flexibility index (Phi) is 6.37. The molecule has 3 aromatic rings. The molecule has 1 aromatic heterocycles. The number of pyridine rings is 1. The molecule has 1 fully saturated rings. The molecule has 4 rings (SSSR count). The Morgan fingerprint density at radius 2 is 1.82 bits per heavy atom. The molecular formula is C23H21F4N3O3. The number of anilines is 1. The van der Waals surface area contributed by atoms with Gasteiger partial charge in [0, 0.05) is 16.6 Å². The van der Waals surface area contributed by atoms with E-state index in [-0.39, 0.29) is 41.8 Å². The van der Waals surface area contributed by atoms with Gasteiger partial charge < -0.3 is 20.1 Å². The standard InChI is InChI=1S/C23H21F4N3O3/c1-32-17-5-2-13(3-6-17)22(31)29-16-9-15(11-33-12-16)28-20-10-21(23(25,26)27)30-19-7-4-14(24)8-18(19)20/h2-8,10,15-16H,9,11-12H2,1H3,(H,28,30)(H,29,31)/t15-,16+/m1/s1. The Bertz CT molecular complexity index is 1150. The topological polar surface area (TPSA) is 72.5 Å². The summed E-state index contributed by atoms with van der Waals surface area (Å²) < 4.78 is 64.4. The molecule has 6 nitrogen and oxygen atoms in total. The van der Waals surface area contributed by atoms with Crippen molar-refractivity contribution in [3.05, 3.63) is 65.6 Å². The summed E-state index contributed by atoms with van der Waals surface area (Å²) in [5.41, 5.74) is -0.515. The number of aromatic nitrogens is 1. The molecule has 2 heterocycles.